The number of benzene rings is 1. The van der Waals surface area contributed by atoms with E-state index in [2.05, 4.69) is 33.5 Å². The van der Waals surface area contributed by atoms with Crippen LogP contribution in [0, 0.1) is 0 Å². The van der Waals surface area contributed by atoms with Gasteiger partial charge in [0.05, 0.1) is 18.2 Å². The van der Waals surface area contributed by atoms with Gasteiger partial charge < -0.3 is 5.32 Å². The highest BCUT2D eigenvalue weighted by Gasteiger charge is 2.23. The lowest BCUT2D eigenvalue weighted by molar-refractivity contribution is -0.121. The summed E-state index contributed by atoms with van der Waals surface area (Å²) in [6.07, 6.45) is 5.85. The van der Waals surface area contributed by atoms with Crippen LogP contribution in [0.2, 0.25) is 0 Å². The molecule has 1 amide bonds. The van der Waals surface area contributed by atoms with Gasteiger partial charge >= 0.3 is 0 Å². The smallest absolute Gasteiger partial charge is 0.226 e. The third kappa shape index (κ3) is 3.08. The Labute approximate surface area is 144 Å². The van der Waals surface area contributed by atoms with Gasteiger partial charge in [0.2, 0.25) is 5.91 Å². The normalized spacial score (nSPS) is 15.9. The summed E-state index contributed by atoms with van der Waals surface area (Å²) in [5.74, 6) is 0.0275. The highest BCUT2D eigenvalue weighted by Crippen LogP contribution is 2.30. The van der Waals surface area contributed by atoms with E-state index in [9.17, 15) is 4.79 Å². The molecular formula is C19H17N3OS. The van der Waals surface area contributed by atoms with E-state index < -0.39 is 0 Å². The van der Waals surface area contributed by atoms with E-state index in [1.54, 1.807) is 23.7 Å². The zero-order valence-corrected chi connectivity index (χ0v) is 13.9. The Morgan fingerprint density at radius 1 is 1.25 bits per heavy atom. The minimum absolute atomic E-state index is 0.0275. The Hall–Kier alpha value is -2.53. The molecule has 1 unspecified atom stereocenters. The SMILES string of the molecule is O=C(Cc1csc(-c2cccnc2)n1)NC1CCc2ccccc21. The molecule has 0 radical (unpaired) electrons. The molecule has 1 N–H and O–H groups in total. The zero-order chi connectivity index (χ0) is 16.4. The van der Waals surface area contributed by atoms with E-state index in [4.69, 9.17) is 0 Å². The Bertz CT molecular complexity index is 860. The van der Waals surface area contributed by atoms with Crippen LogP contribution >= 0.6 is 11.3 Å². The number of pyridine rings is 1. The molecule has 3 aromatic rings. The van der Waals surface area contributed by atoms with Gasteiger partial charge in [0.1, 0.15) is 5.01 Å². The van der Waals surface area contributed by atoms with Crippen molar-refractivity contribution in [1.29, 1.82) is 0 Å². The Morgan fingerprint density at radius 2 is 2.17 bits per heavy atom. The molecule has 5 heteroatoms. The topological polar surface area (TPSA) is 54.9 Å². The summed E-state index contributed by atoms with van der Waals surface area (Å²) < 4.78 is 0. The van der Waals surface area contributed by atoms with Gasteiger partial charge in [-0.1, -0.05) is 24.3 Å². The summed E-state index contributed by atoms with van der Waals surface area (Å²) in [6, 6.07) is 12.3. The first-order chi connectivity index (χ1) is 11.8. The van der Waals surface area contributed by atoms with Crippen molar-refractivity contribution in [2.24, 2.45) is 0 Å². The predicted octanol–water partition coefficient (Wildman–Crippen LogP) is 3.55. The molecular weight excluding hydrogens is 318 g/mol. The fourth-order valence-electron chi connectivity index (χ4n) is 3.13. The maximum absolute atomic E-state index is 12.4. The van der Waals surface area contributed by atoms with Crippen LogP contribution in [-0.2, 0) is 17.6 Å². The molecule has 120 valence electrons. The summed E-state index contributed by atoms with van der Waals surface area (Å²) in [5.41, 5.74) is 4.39. The fourth-order valence-corrected chi connectivity index (χ4v) is 3.94. The number of nitrogens with one attached hydrogen (secondary N) is 1. The fraction of sp³-hybridized carbons (Fsp3) is 0.211. The van der Waals surface area contributed by atoms with Gasteiger partial charge in [0.15, 0.2) is 0 Å². The summed E-state index contributed by atoms with van der Waals surface area (Å²) >= 11 is 1.54. The molecule has 2 aromatic heterocycles. The van der Waals surface area contributed by atoms with Crippen LogP contribution in [0.1, 0.15) is 29.3 Å². The molecule has 0 aliphatic heterocycles. The summed E-state index contributed by atoms with van der Waals surface area (Å²) in [6.45, 7) is 0. The summed E-state index contributed by atoms with van der Waals surface area (Å²) in [4.78, 5) is 21.0. The Balaban J connectivity index is 1.42. The highest BCUT2D eigenvalue weighted by atomic mass is 32.1. The lowest BCUT2D eigenvalue weighted by atomic mass is 10.1. The van der Waals surface area contributed by atoms with Crippen LogP contribution < -0.4 is 5.32 Å². The van der Waals surface area contributed by atoms with Crippen molar-refractivity contribution in [2.45, 2.75) is 25.3 Å². The average Bonchev–Trinajstić information content (AvgIpc) is 3.23. The van der Waals surface area contributed by atoms with Gasteiger partial charge in [-0.05, 0) is 36.1 Å². The maximum atomic E-state index is 12.4. The van der Waals surface area contributed by atoms with Crippen molar-refractivity contribution in [3.8, 4) is 10.6 Å². The van der Waals surface area contributed by atoms with Crippen LogP contribution in [0.3, 0.4) is 0 Å². The predicted molar refractivity (Wildman–Crippen MR) is 94.7 cm³/mol. The van der Waals surface area contributed by atoms with E-state index in [1.165, 1.54) is 11.1 Å². The van der Waals surface area contributed by atoms with E-state index in [0.29, 0.717) is 6.42 Å². The molecule has 0 bridgehead atoms. The standard InChI is InChI=1S/C19H17N3OS/c23-18(22-17-8-7-13-4-1-2-6-16(13)17)10-15-12-24-19(21-15)14-5-3-9-20-11-14/h1-6,9,11-12,17H,7-8,10H2,(H,22,23). The van der Waals surface area contributed by atoms with Crippen molar-refractivity contribution < 1.29 is 4.79 Å². The minimum atomic E-state index is 0.0275. The van der Waals surface area contributed by atoms with Gasteiger partial charge in [0, 0.05) is 23.3 Å². The number of hydrogen-bond acceptors (Lipinski definition) is 4. The van der Waals surface area contributed by atoms with Crippen molar-refractivity contribution >= 4 is 17.2 Å². The lowest BCUT2D eigenvalue weighted by Crippen LogP contribution is -2.28. The number of hydrogen-bond donors (Lipinski definition) is 1. The second-order valence-corrected chi connectivity index (χ2v) is 6.78. The number of amides is 1. The molecule has 4 rings (SSSR count). The lowest BCUT2D eigenvalue weighted by Gasteiger charge is -2.13. The molecule has 0 spiro atoms. The van der Waals surface area contributed by atoms with Crippen LogP contribution in [0.15, 0.2) is 54.2 Å². The molecule has 1 aliphatic carbocycles. The van der Waals surface area contributed by atoms with Crippen LogP contribution in [0.4, 0.5) is 0 Å². The third-order valence-electron chi connectivity index (χ3n) is 4.27. The Kier molecular flexibility index (Phi) is 4.09. The first kappa shape index (κ1) is 15.0. The summed E-state index contributed by atoms with van der Waals surface area (Å²) in [7, 11) is 0. The number of carbonyl (C=O) groups is 1. The van der Waals surface area contributed by atoms with Gasteiger partial charge in [0.25, 0.3) is 0 Å². The van der Waals surface area contributed by atoms with Crippen molar-refractivity contribution in [3.05, 3.63) is 71.0 Å². The van der Waals surface area contributed by atoms with Crippen molar-refractivity contribution in [2.75, 3.05) is 0 Å². The zero-order valence-electron chi connectivity index (χ0n) is 13.1. The molecule has 0 saturated heterocycles. The van der Waals surface area contributed by atoms with E-state index in [0.717, 1.165) is 29.1 Å². The molecule has 0 saturated carbocycles. The third-order valence-corrected chi connectivity index (χ3v) is 5.21. The molecule has 1 aliphatic rings. The van der Waals surface area contributed by atoms with E-state index in [-0.39, 0.29) is 11.9 Å². The van der Waals surface area contributed by atoms with Crippen LogP contribution in [-0.4, -0.2) is 15.9 Å². The molecule has 0 fully saturated rings. The molecule has 4 nitrogen and oxygen atoms in total. The van der Waals surface area contributed by atoms with Crippen molar-refractivity contribution in [1.82, 2.24) is 15.3 Å². The number of rotatable bonds is 4. The number of thiazole rings is 1. The molecule has 1 aromatic carbocycles. The second-order valence-electron chi connectivity index (χ2n) is 5.92. The number of carbonyl (C=O) groups excluding carboxylic acids is 1. The van der Waals surface area contributed by atoms with Gasteiger partial charge in [-0.2, -0.15) is 0 Å². The van der Waals surface area contributed by atoms with Gasteiger partial charge in [-0.3, -0.25) is 9.78 Å². The van der Waals surface area contributed by atoms with Crippen LogP contribution in [0.5, 0.6) is 0 Å². The van der Waals surface area contributed by atoms with Crippen molar-refractivity contribution in [3.63, 3.8) is 0 Å². The van der Waals surface area contributed by atoms with E-state index >= 15 is 0 Å². The second kappa shape index (κ2) is 6.53. The monoisotopic (exact) mass is 335 g/mol. The molecule has 24 heavy (non-hydrogen) atoms. The number of aryl methyl sites for hydroxylation is 1. The average molecular weight is 335 g/mol. The summed E-state index contributed by atoms with van der Waals surface area (Å²) in [5, 5.41) is 5.99. The van der Waals surface area contributed by atoms with Crippen LogP contribution in [0.25, 0.3) is 10.6 Å². The quantitative estimate of drug-likeness (QED) is 0.793. The molecule has 1 atom stereocenters. The number of fused-ring (bicyclic) bond motifs is 1. The van der Waals surface area contributed by atoms with E-state index in [1.807, 2.05) is 23.6 Å². The minimum Gasteiger partial charge on any atom is -0.349 e. The first-order valence-electron chi connectivity index (χ1n) is 8.01. The molecule has 2 heterocycles. The number of aromatic nitrogens is 2. The van der Waals surface area contributed by atoms with Gasteiger partial charge in [-0.15, -0.1) is 11.3 Å². The Morgan fingerprint density at radius 3 is 3.04 bits per heavy atom. The highest BCUT2D eigenvalue weighted by molar-refractivity contribution is 7.13. The first-order valence-corrected chi connectivity index (χ1v) is 8.89. The maximum Gasteiger partial charge on any atom is 0.226 e. The largest absolute Gasteiger partial charge is 0.349 e. The van der Waals surface area contributed by atoms with Gasteiger partial charge in [-0.25, -0.2) is 4.98 Å². The number of nitrogens with zero attached hydrogens (tertiary/aromatic N) is 2.